The summed E-state index contributed by atoms with van der Waals surface area (Å²) in [5, 5.41) is 0.386. The van der Waals surface area contributed by atoms with Crippen LogP contribution in [-0.2, 0) is 10.0 Å². The predicted octanol–water partition coefficient (Wildman–Crippen LogP) is 2.77. The Morgan fingerprint density at radius 1 is 1.16 bits per heavy atom. The first-order chi connectivity index (χ1) is 8.92. The van der Waals surface area contributed by atoms with E-state index in [9.17, 15) is 8.42 Å². The van der Waals surface area contributed by atoms with E-state index in [1.807, 2.05) is 0 Å². The summed E-state index contributed by atoms with van der Waals surface area (Å²) in [5.41, 5.74) is 5.81. The maximum absolute atomic E-state index is 12.2. The molecule has 100 valence electrons. The van der Waals surface area contributed by atoms with Crippen molar-refractivity contribution in [2.24, 2.45) is 0 Å². The van der Waals surface area contributed by atoms with Crippen molar-refractivity contribution in [3.8, 4) is 0 Å². The Balaban J connectivity index is 2.46. The smallest absolute Gasteiger partial charge is 0.265 e. The third-order valence-electron chi connectivity index (χ3n) is 2.31. The summed E-state index contributed by atoms with van der Waals surface area (Å²) in [5.74, 6) is 0. The maximum atomic E-state index is 12.2. The van der Waals surface area contributed by atoms with Gasteiger partial charge in [0, 0.05) is 12.4 Å². The van der Waals surface area contributed by atoms with Crippen LogP contribution in [0.5, 0.6) is 0 Å². The minimum atomic E-state index is -3.90. The highest BCUT2D eigenvalue weighted by Gasteiger charge is 2.20. The molecule has 19 heavy (non-hydrogen) atoms. The molecule has 1 aromatic carbocycles. The van der Waals surface area contributed by atoms with Gasteiger partial charge in [-0.25, -0.2) is 8.42 Å². The van der Waals surface area contributed by atoms with Crippen LogP contribution in [-0.4, -0.2) is 13.4 Å². The van der Waals surface area contributed by atoms with Crippen molar-refractivity contribution in [2.45, 2.75) is 4.90 Å². The van der Waals surface area contributed by atoms with Gasteiger partial charge in [-0.05, 0) is 18.2 Å². The number of nitrogens with one attached hydrogen (secondary N) is 1. The quantitative estimate of drug-likeness (QED) is 0.911. The average molecular weight is 318 g/mol. The molecule has 8 heteroatoms. The van der Waals surface area contributed by atoms with Crippen molar-refractivity contribution in [3.63, 3.8) is 0 Å². The first-order valence-electron chi connectivity index (χ1n) is 5.08. The van der Waals surface area contributed by atoms with Crippen molar-refractivity contribution in [1.29, 1.82) is 0 Å². The predicted molar refractivity (Wildman–Crippen MR) is 75.9 cm³/mol. The molecule has 0 radical (unpaired) electrons. The molecule has 1 aromatic heterocycles. The molecular formula is C11H9Cl2N3O2S. The van der Waals surface area contributed by atoms with Crippen LogP contribution in [0.15, 0.2) is 41.6 Å². The average Bonchev–Trinajstić information content (AvgIpc) is 2.34. The van der Waals surface area contributed by atoms with Gasteiger partial charge in [0.25, 0.3) is 10.0 Å². The molecule has 0 spiro atoms. The molecule has 0 atom stereocenters. The summed E-state index contributed by atoms with van der Waals surface area (Å²) in [4.78, 5) is 3.60. The highest BCUT2D eigenvalue weighted by Crippen LogP contribution is 2.32. The number of nitrogens with two attached hydrogens (primary N) is 1. The van der Waals surface area contributed by atoms with Crippen LogP contribution in [0.1, 0.15) is 0 Å². The van der Waals surface area contributed by atoms with Gasteiger partial charge in [-0.15, -0.1) is 0 Å². The molecule has 0 unspecified atom stereocenters. The SMILES string of the molecule is Nc1ccncc1S(=O)(=O)Nc1c(Cl)cccc1Cl. The van der Waals surface area contributed by atoms with Gasteiger partial charge in [0.1, 0.15) is 4.90 Å². The number of para-hydroxylation sites is 1. The monoisotopic (exact) mass is 317 g/mol. The van der Waals surface area contributed by atoms with Gasteiger partial charge < -0.3 is 5.73 Å². The fraction of sp³-hybridized carbons (Fsp3) is 0. The molecule has 0 saturated heterocycles. The summed E-state index contributed by atoms with van der Waals surface area (Å²) in [7, 11) is -3.90. The molecule has 0 aliphatic carbocycles. The van der Waals surface area contributed by atoms with Crippen molar-refractivity contribution in [1.82, 2.24) is 4.98 Å². The molecule has 0 aliphatic heterocycles. The molecule has 0 fully saturated rings. The fourth-order valence-electron chi connectivity index (χ4n) is 1.40. The van der Waals surface area contributed by atoms with Crippen LogP contribution in [0, 0.1) is 0 Å². The zero-order valence-electron chi connectivity index (χ0n) is 9.47. The number of aromatic nitrogens is 1. The van der Waals surface area contributed by atoms with Gasteiger partial charge in [-0.1, -0.05) is 29.3 Å². The van der Waals surface area contributed by atoms with E-state index >= 15 is 0 Å². The van der Waals surface area contributed by atoms with Crippen LogP contribution < -0.4 is 10.5 Å². The Labute approximate surface area is 120 Å². The third kappa shape index (κ3) is 2.91. The molecule has 5 nitrogen and oxygen atoms in total. The summed E-state index contributed by atoms with van der Waals surface area (Å²) in [6, 6.07) is 6.06. The summed E-state index contributed by atoms with van der Waals surface area (Å²) in [6.45, 7) is 0. The van der Waals surface area contributed by atoms with Gasteiger partial charge >= 0.3 is 0 Å². The van der Waals surface area contributed by atoms with Gasteiger partial charge in [0.2, 0.25) is 0 Å². The fourth-order valence-corrected chi connectivity index (χ4v) is 3.18. The highest BCUT2D eigenvalue weighted by molar-refractivity contribution is 7.93. The highest BCUT2D eigenvalue weighted by atomic mass is 35.5. The van der Waals surface area contributed by atoms with Crippen molar-refractivity contribution < 1.29 is 8.42 Å². The molecule has 2 aromatic rings. The molecule has 2 rings (SSSR count). The van der Waals surface area contributed by atoms with Crippen LogP contribution in [0.4, 0.5) is 11.4 Å². The molecular weight excluding hydrogens is 309 g/mol. The molecule has 1 heterocycles. The second-order valence-corrected chi connectivity index (χ2v) is 6.08. The van der Waals surface area contributed by atoms with Gasteiger partial charge in [0.15, 0.2) is 0 Å². The zero-order chi connectivity index (χ0) is 14.0. The number of nitrogens with zero attached hydrogens (tertiary/aromatic N) is 1. The number of benzene rings is 1. The van der Waals surface area contributed by atoms with Gasteiger partial charge in [0.05, 0.1) is 21.4 Å². The normalized spacial score (nSPS) is 11.3. The number of rotatable bonds is 3. The van der Waals surface area contributed by atoms with Crippen molar-refractivity contribution >= 4 is 44.6 Å². The summed E-state index contributed by atoms with van der Waals surface area (Å²) in [6.07, 6.45) is 2.55. The van der Waals surface area contributed by atoms with E-state index < -0.39 is 10.0 Å². The van der Waals surface area contributed by atoms with E-state index in [2.05, 4.69) is 9.71 Å². The first-order valence-corrected chi connectivity index (χ1v) is 7.32. The molecule has 0 aliphatic rings. The molecule has 3 N–H and O–H groups in total. The van der Waals surface area contributed by atoms with E-state index in [4.69, 9.17) is 28.9 Å². The lowest BCUT2D eigenvalue weighted by Gasteiger charge is -2.12. The maximum Gasteiger partial charge on any atom is 0.265 e. The van der Waals surface area contributed by atoms with E-state index in [0.29, 0.717) is 0 Å². The van der Waals surface area contributed by atoms with E-state index in [1.54, 1.807) is 6.07 Å². The lowest BCUT2D eigenvalue weighted by Crippen LogP contribution is -2.15. The molecule has 0 amide bonds. The topological polar surface area (TPSA) is 85.1 Å². The number of sulfonamides is 1. The number of hydrogen-bond donors (Lipinski definition) is 2. The number of halogens is 2. The van der Waals surface area contributed by atoms with Gasteiger partial charge in [-0.2, -0.15) is 0 Å². The first kappa shape index (κ1) is 13.9. The largest absolute Gasteiger partial charge is 0.398 e. The Kier molecular flexibility index (Phi) is 3.84. The van der Waals surface area contributed by atoms with E-state index in [1.165, 1.54) is 24.4 Å². The Morgan fingerprint density at radius 3 is 2.37 bits per heavy atom. The van der Waals surface area contributed by atoms with Crippen molar-refractivity contribution in [2.75, 3.05) is 10.5 Å². The molecule has 0 saturated carbocycles. The van der Waals surface area contributed by atoms with Gasteiger partial charge in [-0.3, -0.25) is 9.71 Å². The number of pyridine rings is 1. The third-order valence-corrected chi connectivity index (χ3v) is 4.33. The summed E-state index contributed by atoms with van der Waals surface area (Å²) >= 11 is 11.8. The lowest BCUT2D eigenvalue weighted by molar-refractivity contribution is 0.601. The summed E-state index contributed by atoms with van der Waals surface area (Å²) < 4.78 is 26.7. The zero-order valence-corrected chi connectivity index (χ0v) is 11.8. The van der Waals surface area contributed by atoms with Crippen LogP contribution in [0.2, 0.25) is 10.0 Å². The van der Waals surface area contributed by atoms with Crippen LogP contribution in [0.25, 0.3) is 0 Å². The number of anilines is 2. The second kappa shape index (κ2) is 5.24. The Morgan fingerprint density at radius 2 is 1.79 bits per heavy atom. The minimum absolute atomic E-state index is 0.0886. The van der Waals surface area contributed by atoms with E-state index in [-0.39, 0.29) is 26.3 Å². The minimum Gasteiger partial charge on any atom is -0.398 e. The number of hydrogen-bond acceptors (Lipinski definition) is 4. The Hall–Kier alpha value is -1.50. The molecule has 0 bridgehead atoms. The lowest BCUT2D eigenvalue weighted by atomic mass is 10.3. The van der Waals surface area contributed by atoms with Crippen molar-refractivity contribution in [3.05, 3.63) is 46.7 Å². The van der Waals surface area contributed by atoms with Crippen LogP contribution >= 0.6 is 23.2 Å². The van der Waals surface area contributed by atoms with Crippen LogP contribution in [0.3, 0.4) is 0 Å². The van der Waals surface area contributed by atoms with E-state index in [0.717, 1.165) is 6.20 Å². The Bertz CT molecular complexity index is 699. The number of nitrogen functional groups attached to an aromatic ring is 1. The standard InChI is InChI=1S/C11H9Cl2N3O2S/c12-7-2-1-3-8(13)11(7)16-19(17,18)10-6-15-5-4-9(10)14/h1-6,16H,(H2,14,15). The second-order valence-electron chi connectivity index (χ2n) is 3.62.